The zero-order chi connectivity index (χ0) is 38.4. The molecule has 292 valence electrons. The first-order chi connectivity index (χ1) is 23.5. The SMILES string of the molecule is CCCCCCCCCC[C@@H](OC(=O)CNC(=O)[C@@H](C)CO)[C@@H](C)C(O)N(C)[C@](C)(CCC)C(=O)N[C@H](C(=O)N[C@@H](CO)C(N)=O)[C@@H](C)CC. The predicted molar refractivity (Wildman–Crippen MR) is 192 cm³/mol. The number of carbonyl (C=O) groups is 5. The van der Waals surface area contributed by atoms with Gasteiger partial charge in [-0.25, -0.2) is 0 Å². The van der Waals surface area contributed by atoms with E-state index < -0.39 is 84.5 Å². The number of aliphatic hydroxyl groups excluding tert-OH is 3. The summed E-state index contributed by atoms with van der Waals surface area (Å²) in [6.45, 7) is 11.2. The van der Waals surface area contributed by atoms with Crippen molar-refractivity contribution in [3.8, 4) is 0 Å². The zero-order valence-corrected chi connectivity index (χ0v) is 32.0. The summed E-state index contributed by atoms with van der Waals surface area (Å²) < 4.78 is 5.83. The van der Waals surface area contributed by atoms with E-state index in [0.29, 0.717) is 25.7 Å². The van der Waals surface area contributed by atoms with Gasteiger partial charge in [-0.1, -0.05) is 99.3 Å². The van der Waals surface area contributed by atoms with Crippen molar-refractivity contribution in [2.24, 2.45) is 23.5 Å². The van der Waals surface area contributed by atoms with Crippen molar-refractivity contribution in [1.29, 1.82) is 0 Å². The maximum Gasteiger partial charge on any atom is 0.325 e. The number of ether oxygens (including phenoxy) is 1. The molecule has 0 aliphatic carbocycles. The summed E-state index contributed by atoms with van der Waals surface area (Å²) in [4.78, 5) is 65.4. The number of hydrogen-bond acceptors (Lipinski definition) is 10. The minimum Gasteiger partial charge on any atom is -0.461 e. The highest BCUT2D eigenvalue weighted by Gasteiger charge is 2.44. The van der Waals surface area contributed by atoms with Crippen LogP contribution in [0.25, 0.3) is 0 Å². The van der Waals surface area contributed by atoms with Crippen LogP contribution in [0, 0.1) is 17.8 Å². The quantitative estimate of drug-likeness (QED) is 0.0355. The Morgan fingerprint density at radius 2 is 1.42 bits per heavy atom. The molecule has 0 spiro atoms. The van der Waals surface area contributed by atoms with Crippen LogP contribution in [0.5, 0.6) is 0 Å². The fourth-order valence-corrected chi connectivity index (χ4v) is 5.78. The second-order valence-electron chi connectivity index (χ2n) is 14.0. The Hall–Kier alpha value is -2.81. The lowest BCUT2D eigenvalue weighted by molar-refractivity contribution is -0.165. The monoisotopic (exact) mass is 716 g/mol. The second kappa shape index (κ2) is 25.2. The Kier molecular flexibility index (Phi) is 23.8. The summed E-state index contributed by atoms with van der Waals surface area (Å²) in [5.41, 5.74) is 3.98. The van der Waals surface area contributed by atoms with E-state index in [4.69, 9.17) is 10.5 Å². The minimum atomic E-state index is -1.31. The average molecular weight is 716 g/mol. The van der Waals surface area contributed by atoms with Crippen molar-refractivity contribution < 1.29 is 44.0 Å². The van der Waals surface area contributed by atoms with E-state index in [1.807, 2.05) is 13.8 Å². The van der Waals surface area contributed by atoms with Gasteiger partial charge >= 0.3 is 5.97 Å². The smallest absolute Gasteiger partial charge is 0.325 e. The van der Waals surface area contributed by atoms with Crippen LogP contribution in [-0.4, -0.2) is 107 Å². The molecule has 50 heavy (non-hydrogen) atoms. The number of rotatable bonds is 28. The molecule has 0 saturated carbocycles. The summed E-state index contributed by atoms with van der Waals surface area (Å²) in [6.07, 6.45) is 8.46. The molecule has 4 amide bonds. The van der Waals surface area contributed by atoms with E-state index in [0.717, 1.165) is 25.7 Å². The molecule has 8 atom stereocenters. The molecule has 0 bridgehead atoms. The molecule has 0 fully saturated rings. The summed E-state index contributed by atoms with van der Waals surface area (Å²) in [5.74, 6) is -4.94. The standard InChI is InChI=1S/C36H69N5O9/c1-9-12-13-14-15-16-17-18-19-28(50-29(44)21-38-32(46)25(5)22-42)26(6)34(48)41(8)36(7,20-10-2)35(49)40-30(24(4)11-3)33(47)39-27(23-43)31(37)45/h24-28,30,34,42-43,48H,9-23H2,1-8H3,(H2,37,45)(H,38,46)(H,39,47)(H,40,49)/t24-,25-,26+,27-,28+,30-,34?,36+/m0/s1. The largest absolute Gasteiger partial charge is 0.461 e. The van der Waals surface area contributed by atoms with Crippen LogP contribution in [0.1, 0.15) is 126 Å². The van der Waals surface area contributed by atoms with Crippen molar-refractivity contribution in [1.82, 2.24) is 20.9 Å². The average Bonchev–Trinajstić information content (AvgIpc) is 3.10. The molecule has 0 aliphatic rings. The lowest BCUT2D eigenvalue weighted by Gasteiger charge is -2.44. The van der Waals surface area contributed by atoms with Gasteiger partial charge in [0.05, 0.1) is 24.7 Å². The molecule has 0 aliphatic heterocycles. The van der Waals surface area contributed by atoms with Gasteiger partial charge in [0.2, 0.25) is 23.6 Å². The minimum absolute atomic E-state index is 0.312. The van der Waals surface area contributed by atoms with Crippen LogP contribution in [0.15, 0.2) is 0 Å². The molecule has 0 aromatic rings. The van der Waals surface area contributed by atoms with Gasteiger partial charge in [0, 0.05) is 5.92 Å². The Balaban J connectivity index is 6.06. The second-order valence-corrected chi connectivity index (χ2v) is 14.0. The fourth-order valence-electron chi connectivity index (χ4n) is 5.78. The molecule has 0 heterocycles. The normalized spacial score (nSPS) is 17.0. The first-order valence-electron chi connectivity index (χ1n) is 18.6. The lowest BCUT2D eigenvalue weighted by Crippen LogP contribution is -2.64. The van der Waals surface area contributed by atoms with E-state index in [9.17, 15) is 39.3 Å². The van der Waals surface area contributed by atoms with Gasteiger partial charge in [-0.05, 0) is 39.2 Å². The van der Waals surface area contributed by atoms with E-state index in [2.05, 4.69) is 22.9 Å². The van der Waals surface area contributed by atoms with Crippen LogP contribution in [-0.2, 0) is 28.7 Å². The number of esters is 1. The number of nitrogens with two attached hydrogens (primary N) is 1. The van der Waals surface area contributed by atoms with Crippen LogP contribution in [0.4, 0.5) is 0 Å². The van der Waals surface area contributed by atoms with Gasteiger partial charge in [0.25, 0.3) is 0 Å². The molecule has 1 unspecified atom stereocenters. The molecule has 0 saturated heterocycles. The number of likely N-dealkylation sites (N-methyl/N-ethyl adjacent to an activating group) is 1. The van der Waals surface area contributed by atoms with Gasteiger partial charge < -0.3 is 41.7 Å². The van der Waals surface area contributed by atoms with Crippen molar-refractivity contribution in [3.05, 3.63) is 0 Å². The third-order valence-electron chi connectivity index (χ3n) is 9.84. The Labute approximate surface area is 300 Å². The Morgan fingerprint density at radius 1 is 0.840 bits per heavy atom. The molecule has 14 heteroatoms. The van der Waals surface area contributed by atoms with Gasteiger partial charge in [-0.15, -0.1) is 0 Å². The molecule has 0 rings (SSSR count). The zero-order valence-electron chi connectivity index (χ0n) is 32.0. The molecule has 0 radical (unpaired) electrons. The Morgan fingerprint density at radius 3 is 1.92 bits per heavy atom. The van der Waals surface area contributed by atoms with E-state index >= 15 is 0 Å². The number of nitrogens with zero attached hydrogens (tertiary/aromatic N) is 1. The Bertz CT molecular complexity index is 1030. The number of primary amides is 1. The van der Waals surface area contributed by atoms with Crippen molar-refractivity contribution in [3.63, 3.8) is 0 Å². The number of nitrogens with one attached hydrogen (secondary N) is 3. The highest BCUT2D eigenvalue weighted by Crippen LogP contribution is 2.29. The maximum absolute atomic E-state index is 14.0. The number of hydrogen-bond donors (Lipinski definition) is 7. The maximum atomic E-state index is 14.0. The summed E-state index contributed by atoms with van der Waals surface area (Å²) in [7, 11) is 1.61. The summed E-state index contributed by atoms with van der Waals surface area (Å²) in [6, 6.07) is -2.37. The number of amides is 4. The van der Waals surface area contributed by atoms with E-state index in [1.165, 1.54) is 37.5 Å². The van der Waals surface area contributed by atoms with Gasteiger partial charge in [-0.2, -0.15) is 0 Å². The first kappa shape index (κ1) is 47.2. The summed E-state index contributed by atoms with van der Waals surface area (Å²) in [5, 5.41) is 38.2. The molecular weight excluding hydrogens is 646 g/mol. The van der Waals surface area contributed by atoms with Crippen LogP contribution in [0.3, 0.4) is 0 Å². The van der Waals surface area contributed by atoms with Gasteiger partial charge in [-0.3, -0.25) is 28.9 Å². The molecule has 0 aromatic heterocycles. The lowest BCUT2D eigenvalue weighted by atomic mass is 9.88. The van der Waals surface area contributed by atoms with Crippen LogP contribution in [0.2, 0.25) is 0 Å². The highest BCUT2D eigenvalue weighted by molar-refractivity contribution is 5.94. The number of unbranched alkanes of at least 4 members (excludes halogenated alkanes) is 7. The third kappa shape index (κ3) is 16.0. The summed E-state index contributed by atoms with van der Waals surface area (Å²) >= 11 is 0. The molecule has 0 aromatic carbocycles. The third-order valence-corrected chi connectivity index (χ3v) is 9.84. The van der Waals surface area contributed by atoms with Crippen LogP contribution >= 0.6 is 0 Å². The van der Waals surface area contributed by atoms with Crippen molar-refractivity contribution in [2.45, 2.75) is 155 Å². The molecule has 8 N–H and O–H groups in total. The van der Waals surface area contributed by atoms with Crippen molar-refractivity contribution >= 4 is 29.6 Å². The molecular formula is C36H69N5O9. The van der Waals surface area contributed by atoms with E-state index in [-0.39, 0.29) is 12.5 Å². The topological polar surface area (TPSA) is 221 Å². The first-order valence-corrected chi connectivity index (χ1v) is 18.6. The number of aliphatic hydroxyl groups is 3. The van der Waals surface area contributed by atoms with E-state index in [1.54, 1.807) is 27.8 Å². The molecule has 14 nitrogen and oxygen atoms in total. The number of carbonyl (C=O) groups excluding carboxylic acids is 5. The van der Waals surface area contributed by atoms with Crippen molar-refractivity contribution in [2.75, 3.05) is 26.8 Å². The fraction of sp³-hybridized carbons (Fsp3) is 0.861. The highest BCUT2D eigenvalue weighted by atomic mass is 16.5. The van der Waals surface area contributed by atoms with Gasteiger partial charge in [0.15, 0.2) is 0 Å². The van der Waals surface area contributed by atoms with Gasteiger partial charge in [0.1, 0.15) is 31.0 Å². The predicted octanol–water partition coefficient (Wildman–Crippen LogP) is 2.11. The van der Waals surface area contributed by atoms with Crippen LogP contribution < -0.4 is 21.7 Å².